The normalized spacial score (nSPS) is 9.88. The van der Waals surface area contributed by atoms with Crippen LogP contribution in [0.25, 0.3) is 0 Å². The molecule has 0 atom stereocenters. The first-order valence-electron chi connectivity index (χ1n) is 4.86. The fourth-order valence-corrected chi connectivity index (χ4v) is 1.29. The van der Waals surface area contributed by atoms with Crippen molar-refractivity contribution in [1.29, 1.82) is 0 Å². The molecule has 0 unspecified atom stereocenters. The molecule has 0 aliphatic carbocycles. The number of amides is 2. The lowest BCUT2D eigenvalue weighted by Gasteiger charge is -2.05. The van der Waals surface area contributed by atoms with Crippen molar-refractivity contribution >= 4 is 17.6 Å². The number of rotatable bonds is 2. The molecule has 1 aromatic carbocycles. The first-order valence-corrected chi connectivity index (χ1v) is 4.86. The molecule has 0 saturated carbocycles. The van der Waals surface area contributed by atoms with Crippen molar-refractivity contribution in [2.45, 2.75) is 0 Å². The average Bonchev–Trinajstić information content (AvgIpc) is 2.83. The van der Waals surface area contributed by atoms with Gasteiger partial charge in [-0.25, -0.2) is 9.78 Å². The fraction of sp³-hybridized carbons (Fsp3) is 0. The number of nitrogens with two attached hydrogens (primary N) is 1. The minimum atomic E-state index is -0.502. The maximum Gasteiger partial charge on any atom is 0.331 e. The van der Waals surface area contributed by atoms with Gasteiger partial charge >= 0.3 is 6.03 Å². The van der Waals surface area contributed by atoms with Crippen LogP contribution in [0.3, 0.4) is 0 Å². The third-order valence-electron chi connectivity index (χ3n) is 2.16. The largest absolute Gasteiger partial charge is 0.366 e. The summed E-state index contributed by atoms with van der Waals surface area (Å²) in [5, 5.41) is 2.64. The molecule has 2 amide bonds. The Balaban J connectivity index is 2.09. The Kier molecular flexibility index (Phi) is 2.87. The molecule has 6 heteroatoms. The summed E-state index contributed by atoms with van der Waals surface area (Å²) in [6, 6.07) is 5.98. The first-order chi connectivity index (χ1) is 8.16. The van der Waals surface area contributed by atoms with E-state index in [0.29, 0.717) is 11.3 Å². The van der Waals surface area contributed by atoms with Crippen molar-refractivity contribution in [2.75, 3.05) is 5.32 Å². The number of hydrogen-bond acceptors (Lipinski definition) is 3. The quantitative estimate of drug-likeness (QED) is 0.808. The highest BCUT2D eigenvalue weighted by atomic mass is 16.2. The third kappa shape index (κ3) is 2.49. The van der Waals surface area contributed by atoms with Gasteiger partial charge in [-0.15, -0.1) is 0 Å². The minimum absolute atomic E-state index is 0.325. The zero-order valence-electron chi connectivity index (χ0n) is 8.83. The molecule has 0 aliphatic heterocycles. The Hall–Kier alpha value is -2.63. The summed E-state index contributed by atoms with van der Waals surface area (Å²) in [4.78, 5) is 26.2. The maximum atomic E-state index is 11.6. The van der Waals surface area contributed by atoms with Gasteiger partial charge in [0.1, 0.15) is 6.33 Å². The predicted molar refractivity (Wildman–Crippen MR) is 61.6 cm³/mol. The van der Waals surface area contributed by atoms with Gasteiger partial charge in [-0.3, -0.25) is 9.36 Å². The van der Waals surface area contributed by atoms with Gasteiger partial charge in [-0.1, -0.05) is 0 Å². The Labute approximate surface area is 97.1 Å². The first kappa shape index (κ1) is 10.9. The van der Waals surface area contributed by atoms with E-state index in [2.05, 4.69) is 10.3 Å². The van der Waals surface area contributed by atoms with Crippen LogP contribution in [0.2, 0.25) is 0 Å². The van der Waals surface area contributed by atoms with Gasteiger partial charge < -0.3 is 11.1 Å². The SMILES string of the molecule is NC(=O)c1ccc(NC(=O)n2ccnc2)cc1. The number of aromatic nitrogens is 2. The molecule has 86 valence electrons. The number of carbonyl (C=O) groups excluding carboxylic acids is 2. The summed E-state index contributed by atoms with van der Waals surface area (Å²) in [7, 11) is 0. The van der Waals surface area contributed by atoms with E-state index in [1.807, 2.05) is 0 Å². The molecule has 1 heterocycles. The van der Waals surface area contributed by atoms with Crippen molar-refractivity contribution in [3.63, 3.8) is 0 Å². The van der Waals surface area contributed by atoms with E-state index >= 15 is 0 Å². The molecule has 0 spiro atoms. The van der Waals surface area contributed by atoms with E-state index in [9.17, 15) is 9.59 Å². The van der Waals surface area contributed by atoms with Gasteiger partial charge in [-0.2, -0.15) is 0 Å². The number of nitrogens with zero attached hydrogens (tertiary/aromatic N) is 2. The minimum Gasteiger partial charge on any atom is -0.366 e. The molecular weight excluding hydrogens is 220 g/mol. The number of anilines is 1. The summed E-state index contributed by atoms with van der Waals surface area (Å²) in [5.74, 6) is -0.502. The van der Waals surface area contributed by atoms with E-state index in [-0.39, 0.29) is 6.03 Å². The van der Waals surface area contributed by atoms with E-state index in [1.165, 1.54) is 23.3 Å². The Morgan fingerprint density at radius 3 is 2.47 bits per heavy atom. The molecule has 1 aromatic heterocycles. The molecule has 0 saturated heterocycles. The summed E-state index contributed by atoms with van der Waals surface area (Å²) in [6.07, 6.45) is 4.44. The van der Waals surface area contributed by atoms with Crippen molar-refractivity contribution in [1.82, 2.24) is 9.55 Å². The lowest BCUT2D eigenvalue weighted by molar-refractivity contribution is 0.100. The highest BCUT2D eigenvalue weighted by molar-refractivity contribution is 5.94. The van der Waals surface area contributed by atoms with Gasteiger partial charge in [0.15, 0.2) is 0 Å². The number of benzene rings is 1. The molecule has 2 rings (SSSR count). The van der Waals surface area contributed by atoms with Crippen molar-refractivity contribution in [2.24, 2.45) is 5.73 Å². The third-order valence-corrected chi connectivity index (χ3v) is 2.16. The van der Waals surface area contributed by atoms with E-state index in [0.717, 1.165) is 0 Å². The number of nitrogens with one attached hydrogen (secondary N) is 1. The maximum absolute atomic E-state index is 11.6. The number of imidazole rings is 1. The van der Waals surface area contributed by atoms with Crippen LogP contribution in [0.15, 0.2) is 43.0 Å². The number of primary amides is 1. The lowest BCUT2D eigenvalue weighted by atomic mass is 10.2. The van der Waals surface area contributed by atoms with E-state index in [4.69, 9.17) is 5.73 Å². The van der Waals surface area contributed by atoms with Gasteiger partial charge in [-0.05, 0) is 24.3 Å². The lowest BCUT2D eigenvalue weighted by Crippen LogP contribution is -2.18. The van der Waals surface area contributed by atoms with Gasteiger partial charge in [0, 0.05) is 23.6 Å². The topological polar surface area (TPSA) is 90.0 Å². The molecule has 0 bridgehead atoms. The second kappa shape index (κ2) is 4.48. The highest BCUT2D eigenvalue weighted by Crippen LogP contribution is 2.09. The van der Waals surface area contributed by atoms with Gasteiger partial charge in [0.25, 0.3) is 0 Å². The van der Waals surface area contributed by atoms with E-state index in [1.54, 1.807) is 24.3 Å². The van der Waals surface area contributed by atoms with Crippen molar-refractivity contribution < 1.29 is 9.59 Å². The second-order valence-electron chi connectivity index (χ2n) is 3.34. The van der Waals surface area contributed by atoms with Crippen LogP contribution in [0, 0.1) is 0 Å². The molecule has 2 aromatic rings. The molecule has 3 N–H and O–H groups in total. The van der Waals surface area contributed by atoms with E-state index < -0.39 is 5.91 Å². The fourth-order valence-electron chi connectivity index (χ4n) is 1.29. The Morgan fingerprint density at radius 1 is 1.24 bits per heavy atom. The van der Waals surface area contributed by atoms with Gasteiger partial charge in [0.2, 0.25) is 5.91 Å². The van der Waals surface area contributed by atoms with Crippen LogP contribution in [0.5, 0.6) is 0 Å². The highest BCUT2D eigenvalue weighted by Gasteiger charge is 2.04. The molecular formula is C11H10N4O2. The number of hydrogen-bond donors (Lipinski definition) is 2. The van der Waals surface area contributed by atoms with Crippen LogP contribution in [0.1, 0.15) is 10.4 Å². The van der Waals surface area contributed by atoms with Crippen molar-refractivity contribution in [3.05, 3.63) is 48.5 Å². The van der Waals surface area contributed by atoms with Crippen LogP contribution in [-0.4, -0.2) is 21.5 Å². The Bertz CT molecular complexity index is 531. The predicted octanol–water partition coefficient (Wildman–Crippen LogP) is 1.06. The molecule has 6 nitrogen and oxygen atoms in total. The average molecular weight is 230 g/mol. The van der Waals surface area contributed by atoms with Crippen molar-refractivity contribution in [3.8, 4) is 0 Å². The molecule has 0 fully saturated rings. The van der Waals surface area contributed by atoms with Gasteiger partial charge in [0.05, 0.1) is 0 Å². The van der Waals surface area contributed by atoms with Crippen LogP contribution in [-0.2, 0) is 0 Å². The second-order valence-corrected chi connectivity index (χ2v) is 3.34. The summed E-state index contributed by atoms with van der Waals surface area (Å²) < 4.78 is 1.31. The van der Waals surface area contributed by atoms with Crippen LogP contribution in [0.4, 0.5) is 10.5 Å². The van der Waals surface area contributed by atoms with Crippen LogP contribution < -0.4 is 11.1 Å². The summed E-state index contributed by atoms with van der Waals surface area (Å²) >= 11 is 0. The monoisotopic (exact) mass is 230 g/mol. The smallest absolute Gasteiger partial charge is 0.331 e. The molecule has 0 radical (unpaired) electrons. The Morgan fingerprint density at radius 2 is 1.94 bits per heavy atom. The zero-order chi connectivity index (χ0) is 12.3. The summed E-state index contributed by atoms with van der Waals surface area (Å²) in [6.45, 7) is 0. The van der Waals surface area contributed by atoms with Crippen LogP contribution >= 0.6 is 0 Å². The zero-order valence-corrected chi connectivity index (χ0v) is 8.83. The molecule has 17 heavy (non-hydrogen) atoms. The summed E-state index contributed by atoms with van der Waals surface area (Å²) in [5.41, 5.74) is 6.08. The molecule has 0 aliphatic rings. The standard InChI is InChI=1S/C11H10N4O2/c12-10(16)8-1-3-9(4-2-8)14-11(17)15-6-5-13-7-15/h1-7H,(H2,12,16)(H,14,17). The number of carbonyl (C=O) groups is 2.